The van der Waals surface area contributed by atoms with Crippen molar-refractivity contribution in [1.82, 2.24) is 0 Å². The fraction of sp³-hybridized carbons (Fsp3) is 0. The lowest BCUT2D eigenvalue weighted by molar-refractivity contribution is 0.103. The number of rotatable bonds is 2. The molecule has 2 heterocycles. The van der Waals surface area contributed by atoms with Gasteiger partial charge in [-0.25, -0.2) is 0 Å². The highest BCUT2D eigenvalue weighted by molar-refractivity contribution is 7.08. The van der Waals surface area contributed by atoms with E-state index in [0.717, 1.165) is 27.5 Å². The van der Waals surface area contributed by atoms with Crippen LogP contribution in [0.1, 0.15) is 15.9 Å². The van der Waals surface area contributed by atoms with Crippen LogP contribution in [0.4, 0.5) is 0 Å². The van der Waals surface area contributed by atoms with Crippen molar-refractivity contribution in [1.29, 1.82) is 0 Å². The Morgan fingerprint density at radius 1 is 0.900 bits per heavy atom. The number of furan rings is 1. The number of carbonyl (C=O) groups is 1. The van der Waals surface area contributed by atoms with E-state index in [1.807, 2.05) is 59.3 Å². The third-order valence-corrected chi connectivity index (χ3v) is 4.11. The Morgan fingerprint density at radius 2 is 1.75 bits per heavy atom. The molecule has 0 aliphatic rings. The maximum Gasteiger partial charge on any atom is 0.193 e. The van der Waals surface area contributed by atoms with Gasteiger partial charge in [0.1, 0.15) is 11.2 Å². The van der Waals surface area contributed by atoms with E-state index in [0.29, 0.717) is 5.56 Å². The van der Waals surface area contributed by atoms with Gasteiger partial charge in [-0.2, -0.15) is 11.3 Å². The van der Waals surface area contributed by atoms with Crippen molar-refractivity contribution in [3.05, 3.63) is 70.4 Å². The average molecular weight is 278 g/mol. The molecule has 0 N–H and O–H groups in total. The molecule has 4 rings (SSSR count). The molecule has 0 amide bonds. The van der Waals surface area contributed by atoms with Gasteiger partial charge in [0.15, 0.2) is 5.78 Å². The molecule has 0 aliphatic heterocycles. The fourth-order valence-corrected chi connectivity index (χ4v) is 3.06. The molecule has 2 nitrogen and oxygen atoms in total. The van der Waals surface area contributed by atoms with Crippen LogP contribution in [-0.2, 0) is 0 Å². The molecule has 0 aliphatic carbocycles. The van der Waals surface area contributed by atoms with E-state index in [2.05, 4.69) is 0 Å². The number of fused-ring (bicyclic) bond motifs is 3. The lowest BCUT2D eigenvalue weighted by atomic mass is 10.0. The second-order valence-corrected chi connectivity index (χ2v) is 5.43. The monoisotopic (exact) mass is 278 g/mol. The van der Waals surface area contributed by atoms with Gasteiger partial charge < -0.3 is 4.42 Å². The summed E-state index contributed by atoms with van der Waals surface area (Å²) in [5.41, 5.74) is 3.10. The van der Waals surface area contributed by atoms with Crippen LogP contribution in [0.25, 0.3) is 21.9 Å². The van der Waals surface area contributed by atoms with Crippen molar-refractivity contribution in [2.45, 2.75) is 0 Å². The zero-order valence-electron chi connectivity index (χ0n) is 10.5. The minimum absolute atomic E-state index is 0.0541. The quantitative estimate of drug-likeness (QED) is 0.489. The van der Waals surface area contributed by atoms with Gasteiger partial charge in [-0.3, -0.25) is 4.79 Å². The third-order valence-electron chi connectivity index (χ3n) is 3.42. The second-order valence-electron chi connectivity index (χ2n) is 4.65. The lowest BCUT2D eigenvalue weighted by Gasteiger charge is -1.98. The summed E-state index contributed by atoms with van der Waals surface area (Å²) in [6, 6.07) is 15.3. The summed E-state index contributed by atoms with van der Waals surface area (Å²) in [6.07, 6.45) is 0. The van der Waals surface area contributed by atoms with E-state index < -0.39 is 0 Å². The van der Waals surface area contributed by atoms with E-state index in [4.69, 9.17) is 4.42 Å². The molecule has 4 aromatic rings. The van der Waals surface area contributed by atoms with Gasteiger partial charge in [-0.1, -0.05) is 18.2 Å². The molecule has 96 valence electrons. The lowest BCUT2D eigenvalue weighted by Crippen LogP contribution is -1.98. The van der Waals surface area contributed by atoms with Crippen LogP contribution in [0.15, 0.2) is 63.7 Å². The van der Waals surface area contributed by atoms with Crippen molar-refractivity contribution < 1.29 is 9.21 Å². The first kappa shape index (κ1) is 11.4. The van der Waals surface area contributed by atoms with Crippen molar-refractivity contribution in [2.75, 3.05) is 0 Å². The standard InChI is InChI=1S/C17H10O2S/c18-17(12-7-8-20-10-12)11-5-6-16-14(9-11)13-3-1-2-4-15(13)19-16/h1-10H. The minimum atomic E-state index is 0.0541. The van der Waals surface area contributed by atoms with Crippen LogP contribution in [-0.4, -0.2) is 5.78 Å². The Balaban J connectivity index is 1.94. The Kier molecular flexibility index (Phi) is 2.47. The summed E-state index contributed by atoms with van der Waals surface area (Å²) in [5.74, 6) is 0.0541. The molecule has 0 bridgehead atoms. The minimum Gasteiger partial charge on any atom is -0.456 e. The highest BCUT2D eigenvalue weighted by atomic mass is 32.1. The van der Waals surface area contributed by atoms with Crippen LogP contribution in [0.3, 0.4) is 0 Å². The predicted molar refractivity (Wildman–Crippen MR) is 81.5 cm³/mol. The molecule has 0 unspecified atom stereocenters. The molecule has 3 heteroatoms. The van der Waals surface area contributed by atoms with Gasteiger partial charge in [-0.15, -0.1) is 0 Å². The smallest absolute Gasteiger partial charge is 0.193 e. The highest BCUT2D eigenvalue weighted by Crippen LogP contribution is 2.29. The van der Waals surface area contributed by atoms with Gasteiger partial charge in [0, 0.05) is 27.3 Å². The summed E-state index contributed by atoms with van der Waals surface area (Å²) >= 11 is 1.53. The number of hydrogen-bond donors (Lipinski definition) is 0. The molecule has 2 aromatic carbocycles. The molecule has 0 spiro atoms. The molecular weight excluding hydrogens is 268 g/mol. The number of hydrogen-bond acceptors (Lipinski definition) is 3. The molecule has 0 atom stereocenters. The first-order valence-electron chi connectivity index (χ1n) is 6.31. The second kappa shape index (κ2) is 4.32. The van der Waals surface area contributed by atoms with Gasteiger partial charge >= 0.3 is 0 Å². The van der Waals surface area contributed by atoms with E-state index in [1.165, 1.54) is 11.3 Å². The Bertz CT molecular complexity index is 917. The van der Waals surface area contributed by atoms with Crippen molar-refractivity contribution in [2.24, 2.45) is 0 Å². The molecule has 0 saturated carbocycles. The number of para-hydroxylation sites is 1. The molecular formula is C17H10O2S. The van der Waals surface area contributed by atoms with Gasteiger partial charge in [-0.05, 0) is 35.7 Å². The first-order chi connectivity index (χ1) is 9.83. The average Bonchev–Trinajstić information content (AvgIpc) is 3.13. The van der Waals surface area contributed by atoms with Gasteiger partial charge in [0.2, 0.25) is 0 Å². The van der Waals surface area contributed by atoms with Crippen LogP contribution in [0.5, 0.6) is 0 Å². The molecule has 20 heavy (non-hydrogen) atoms. The molecule has 0 radical (unpaired) electrons. The first-order valence-corrected chi connectivity index (χ1v) is 7.25. The van der Waals surface area contributed by atoms with E-state index in [-0.39, 0.29) is 5.78 Å². The highest BCUT2D eigenvalue weighted by Gasteiger charge is 2.12. The van der Waals surface area contributed by atoms with Gasteiger partial charge in [0.05, 0.1) is 0 Å². The molecule has 2 aromatic heterocycles. The maximum absolute atomic E-state index is 12.4. The fourth-order valence-electron chi connectivity index (χ4n) is 2.43. The normalized spacial score (nSPS) is 11.2. The number of thiophene rings is 1. The largest absolute Gasteiger partial charge is 0.456 e. The van der Waals surface area contributed by atoms with Gasteiger partial charge in [0.25, 0.3) is 0 Å². The molecule has 0 fully saturated rings. The number of benzene rings is 2. The zero-order valence-corrected chi connectivity index (χ0v) is 11.3. The van der Waals surface area contributed by atoms with Crippen LogP contribution >= 0.6 is 11.3 Å². The summed E-state index contributed by atoms with van der Waals surface area (Å²) in [6.45, 7) is 0. The van der Waals surface area contributed by atoms with Crippen LogP contribution in [0.2, 0.25) is 0 Å². The summed E-state index contributed by atoms with van der Waals surface area (Å²) in [5, 5.41) is 5.82. The van der Waals surface area contributed by atoms with Crippen molar-refractivity contribution in [3.63, 3.8) is 0 Å². The van der Waals surface area contributed by atoms with E-state index in [9.17, 15) is 4.79 Å². The van der Waals surface area contributed by atoms with E-state index in [1.54, 1.807) is 0 Å². The van der Waals surface area contributed by atoms with Crippen LogP contribution < -0.4 is 0 Å². The zero-order chi connectivity index (χ0) is 13.5. The molecule has 0 saturated heterocycles. The Hall–Kier alpha value is -2.39. The summed E-state index contributed by atoms with van der Waals surface area (Å²) < 4.78 is 5.77. The van der Waals surface area contributed by atoms with E-state index >= 15 is 0 Å². The van der Waals surface area contributed by atoms with Crippen LogP contribution in [0, 0.1) is 0 Å². The van der Waals surface area contributed by atoms with Crippen molar-refractivity contribution in [3.8, 4) is 0 Å². The summed E-state index contributed by atoms with van der Waals surface area (Å²) in [7, 11) is 0. The summed E-state index contributed by atoms with van der Waals surface area (Å²) in [4.78, 5) is 12.4. The number of carbonyl (C=O) groups excluding carboxylic acids is 1. The third kappa shape index (κ3) is 1.67. The topological polar surface area (TPSA) is 30.2 Å². The Morgan fingerprint density at radius 3 is 2.60 bits per heavy atom. The number of ketones is 1. The SMILES string of the molecule is O=C(c1ccsc1)c1ccc2oc3ccccc3c2c1. The Labute approximate surface area is 119 Å². The maximum atomic E-state index is 12.4. The predicted octanol–water partition coefficient (Wildman–Crippen LogP) is 4.88. The van der Waals surface area contributed by atoms with Crippen molar-refractivity contribution >= 4 is 39.1 Å².